The zero-order chi connectivity index (χ0) is 23.1. The van der Waals surface area contributed by atoms with Gasteiger partial charge in [-0.15, -0.1) is 0 Å². The molecule has 3 heteroatoms. The lowest BCUT2D eigenvalue weighted by Crippen LogP contribution is -2.46. The number of benzene rings is 3. The van der Waals surface area contributed by atoms with Gasteiger partial charge in [0.15, 0.2) is 0 Å². The molecule has 4 rings (SSSR count). The molecule has 33 heavy (non-hydrogen) atoms. The van der Waals surface area contributed by atoms with Gasteiger partial charge in [-0.25, -0.2) is 4.39 Å². The van der Waals surface area contributed by atoms with Gasteiger partial charge in [0.05, 0.1) is 0 Å². The summed E-state index contributed by atoms with van der Waals surface area (Å²) in [7, 11) is -2.78. The molecule has 1 aliphatic heterocycles. The van der Waals surface area contributed by atoms with Crippen molar-refractivity contribution in [3.8, 4) is 11.1 Å². The minimum absolute atomic E-state index is 0.210. The van der Waals surface area contributed by atoms with E-state index in [1.165, 1.54) is 48.9 Å². The molecule has 3 aromatic rings. The summed E-state index contributed by atoms with van der Waals surface area (Å²) in [5, 5.41) is 1.00. The Morgan fingerprint density at radius 3 is 1.79 bits per heavy atom. The van der Waals surface area contributed by atoms with Gasteiger partial charge in [0.25, 0.3) is 8.41 Å². The van der Waals surface area contributed by atoms with Crippen molar-refractivity contribution in [2.75, 3.05) is 0 Å². The van der Waals surface area contributed by atoms with Gasteiger partial charge >= 0.3 is 0 Å². The van der Waals surface area contributed by atoms with E-state index in [1.54, 1.807) is 0 Å². The quantitative estimate of drug-likeness (QED) is 0.170. The third-order valence-corrected chi connectivity index (χ3v) is 10.9. The normalized spacial score (nSPS) is 20.6. The van der Waals surface area contributed by atoms with Gasteiger partial charge in [-0.1, -0.05) is 106 Å². The van der Waals surface area contributed by atoms with E-state index in [4.69, 9.17) is 0 Å². The maximum Gasteiger partial charge on any atom is 0.277 e. The van der Waals surface area contributed by atoms with Crippen molar-refractivity contribution in [3.63, 3.8) is 0 Å². The molecule has 0 aromatic heterocycles. The van der Waals surface area contributed by atoms with Crippen LogP contribution in [0.5, 0.6) is 0 Å². The van der Waals surface area contributed by atoms with Crippen LogP contribution >= 0.6 is 0 Å². The molecule has 0 amide bonds. The fraction of sp³-hybridized carbons (Fsp3) is 0.400. The van der Waals surface area contributed by atoms with Crippen LogP contribution in [0.25, 0.3) is 11.1 Å². The lowest BCUT2D eigenvalue weighted by Gasteiger charge is -2.32. The summed E-state index contributed by atoms with van der Waals surface area (Å²) >= 11 is 0. The van der Waals surface area contributed by atoms with Gasteiger partial charge in [-0.2, -0.15) is 0 Å². The van der Waals surface area contributed by atoms with E-state index in [0.29, 0.717) is 0 Å². The smallest absolute Gasteiger partial charge is 0.277 e. The van der Waals surface area contributed by atoms with Gasteiger partial charge in [0, 0.05) is 0 Å². The Morgan fingerprint density at radius 2 is 1.24 bits per heavy atom. The highest BCUT2D eigenvalue weighted by molar-refractivity contribution is 6.86. The van der Waals surface area contributed by atoms with Crippen LogP contribution in [0.2, 0.25) is 12.1 Å². The van der Waals surface area contributed by atoms with Crippen LogP contribution < -0.4 is 5.19 Å². The lowest BCUT2D eigenvalue weighted by atomic mass is 9.96. The molecule has 0 aliphatic carbocycles. The number of hydrogen-bond donors (Lipinski definition) is 0. The van der Waals surface area contributed by atoms with Crippen molar-refractivity contribution >= 4 is 13.6 Å². The molecular formula is C30H36F2Si. The monoisotopic (exact) mass is 462 g/mol. The highest BCUT2D eigenvalue weighted by atomic mass is 28.4. The van der Waals surface area contributed by atoms with E-state index in [9.17, 15) is 4.39 Å². The Kier molecular flexibility index (Phi) is 8.14. The molecule has 174 valence electrons. The first-order valence-corrected chi connectivity index (χ1v) is 15.0. The van der Waals surface area contributed by atoms with E-state index in [-0.39, 0.29) is 5.82 Å². The summed E-state index contributed by atoms with van der Waals surface area (Å²) in [5.74, 6) is 0.541. The van der Waals surface area contributed by atoms with Crippen LogP contribution in [-0.2, 0) is 12.8 Å². The zero-order valence-corrected chi connectivity index (χ0v) is 20.8. The van der Waals surface area contributed by atoms with Crippen molar-refractivity contribution in [1.29, 1.82) is 0 Å². The SMILES string of the molecule is CCCCC[C@H]1CC[Si@](F)(c2ccc(CCc3ccc(-c4ccc(F)cc4)cc3)cc2)CC1. The highest BCUT2D eigenvalue weighted by Crippen LogP contribution is 2.35. The summed E-state index contributed by atoms with van der Waals surface area (Å²) in [6.45, 7) is 2.25. The van der Waals surface area contributed by atoms with Crippen LogP contribution in [-0.4, -0.2) is 8.41 Å². The molecule has 0 bridgehead atoms. The molecule has 1 aliphatic rings. The molecule has 1 heterocycles. The molecule has 0 nitrogen and oxygen atoms in total. The Labute approximate surface area is 199 Å². The molecule has 0 atom stereocenters. The number of rotatable bonds is 9. The van der Waals surface area contributed by atoms with Crippen molar-refractivity contribution < 1.29 is 8.50 Å². The van der Waals surface area contributed by atoms with Crippen LogP contribution in [0.3, 0.4) is 0 Å². The second-order valence-corrected chi connectivity index (χ2v) is 13.3. The van der Waals surface area contributed by atoms with Gasteiger partial charge in [0.1, 0.15) is 5.82 Å². The van der Waals surface area contributed by atoms with E-state index in [1.807, 2.05) is 12.1 Å². The maximum absolute atomic E-state index is 15.8. The molecule has 0 radical (unpaired) electrons. The van der Waals surface area contributed by atoms with Gasteiger partial charge in [-0.05, 0) is 70.4 Å². The Hall–Kier alpha value is -2.26. The summed E-state index contributed by atoms with van der Waals surface area (Å²) in [6.07, 6.45) is 9.27. The number of halogens is 2. The summed E-state index contributed by atoms with van der Waals surface area (Å²) in [6, 6.07) is 25.2. The second-order valence-electron chi connectivity index (χ2n) is 9.81. The van der Waals surface area contributed by atoms with Gasteiger partial charge in [0.2, 0.25) is 0 Å². The Bertz CT molecular complexity index is 985. The van der Waals surface area contributed by atoms with Gasteiger partial charge < -0.3 is 4.11 Å². The van der Waals surface area contributed by atoms with Gasteiger partial charge in [-0.3, -0.25) is 0 Å². The summed E-state index contributed by atoms with van der Waals surface area (Å²) in [5.41, 5.74) is 4.68. The zero-order valence-electron chi connectivity index (χ0n) is 19.8. The van der Waals surface area contributed by atoms with Crippen molar-refractivity contribution in [3.05, 3.63) is 89.7 Å². The minimum atomic E-state index is -2.78. The van der Waals surface area contributed by atoms with Crippen LogP contribution in [0.4, 0.5) is 8.50 Å². The second kappa shape index (κ2) is 11.2. The van der Waals surface area contributed by atoms with Crippen LogP contribution in [0.1, 0.15) is 56.6 Å². The van der Waals surface area contributed by atoms with Crippen molar-refractivity contribution in [2.45, 2.75) is 70.4 Å². The summed E-state index contributed by atoms with van der Waals surface area (Å²) < 4.78 is 28.9. The van der Waals surface area contributed by atoms with E-state index >= 15 is 4.11 Å². The molecular weight excluding hydrogens is 426 g/mol. The topological polar surface area (TPSA) is 0 Å². The molecule has 0 saturated carbocycles. The van der Waals surface area contributed by atoms with Crippen LogP contribution in [0, 0.1) is 11.7 Å². The van der Waals surface area contributed by atoms with Crippen molar-refractivity contribution in [2.24, 2.45) is 5.92 Å². The van der Waals surface area contributed by atoms with E-state index in [2.05, 4.69) is 55.5 Å². The highest BCUT2D eigenvalue weighted by Gasteiger charge is 2.40. The molecule has 0 unspecified atom stereocenters. The standard InChI is InChI=1S/C30H36F2Si/c1-2-3-4-5-24-20-22-33(32,23-21-24)30-18-10-26(11-19-30)7-6-25-8-12-27(13-9-25)28-14-16-29(31)17-15-28/h8-19,24H,2-7,20-23H2,1H3/t24-,33+. The summed E-state index contributed by atoms with van der Waals surface area (Å²) in [4.78, 5) is 0. The lowest BCUT2D eigenvalue weighted by molar-refractivity contribution is 0.405. The Balaban J connectivity index is 1.29. The molecule has 3 aromatic carbocycles. The first kappa shape index (κ1) is 23.9. The average molecular weight is 463 g/mol. The van der Waals surface area contributed by atoms with E-state index < -0.39 is 8.41 Å². The van der Waals surface area contributed by atoms with Crippen molar-refractivity contribution in [1.82, 2.24) is 0 Å². The first-order chi connectivity index (χ1) is 16.1. The predicted molar refractivity (Wildman–Crippen MR) is 139 cm³/mol. The Morgan fingerprint density at radius 1 is 0.727 bits per heavy atom. The largest absolute Gasteiger partial charge is 0.308 e. The molecule has 1 saturated heterocycles. The average Bonchev–Trinajstić information content (AvgIpc) is 2.85. The first-order valence-electron chi connectivity index (χ1n) is 12.7. The fourth-order valence-corrected chi connectivity index (χ4v) is 8.48. The maximum atomic E-state index is 15.8. The number of aryl methyl sites for hydroxylation is 2. The predicted octanol–water partition coefficient (Wildman–Crippen LogP) is 8.39. The molecule has 0 spiro atoms. The van der Waals surface area contributed by atoms with Crippen LogP contribution in [0.15, 0.2) is 72.8 Å². The number of hydrogen-bond acceptors (Lipinski definition) is 0. The third-order valence-electron chi connectivity index (χ3n) is 7.42. The minimum Gasteiger partial charge on any atom is -0.308 e. The molecule has 0 N–H and O–H groups in total. The third kappa shape index (κ3) is 6.41. The fourth-order valence-electron chi connectivity index (χ4n) is 5.16. The number of unbranched alkanes of at least 4 members (excludes halogenated alkanes) is 2. The van der Waals surface area contributed by atoms with E-state index in [0.717, 1.165) is 60.0 Å². The molecule has 1 fully saturated rings.